The van der Waals surface area contributed by atoms with E-state index < -0.39 is 7.60 Å². The number of hydrogen-bond acceptors (Lipinski definition) is 2. The van der Waals surface area contributed by atoms with Gasteiger partial charge < -0.3 is 9.79 Å². The average Bonchev–Trinajstić information content (AvgIpc) is 2.25. The molecule has 0 aliphatic rings. The van der Waals surface area contributed by atoms with E-state index in [9.17, 15) is 4.57 Å². The summed E-state index contributed by atoms with van der Waals surface area (Å²) in [7, 11) is -4.09. The van der Waals surface area contributed by atoms with E-state index in [-0.39, 0.29) is 0 Å². The number of pyridine rings is 1. The van der Waals surface area contributed by atoms with Crippen molar-refractivity contribution in [2.75, 3.05) is 0 Å². The highest BCUT2D eigenvalue weighted by molar-refractivity contribution is 7.55. The van der Waals surface area contributed by atoms with E-state index in [0.29, 0.717) is 0 Å². The van der Waals surface area contributed by atoms with E-state index in [4.69, 9.17) is 9.79 Å². The lowest BCUT2D eigenvalue weighted by Crippen LogP contribution is -1.77. The maximum atomic E-state index is 10.7. The summed E-state index contributed by atoms with van der Waals surface area (Å²) < 4.78 is 10.7. The van der Waals surface area contributed by atoms with Gasteiger partial charge >= 0.3 is 7.60 Å². The fourth-order valence-electron chi connectivity index (χ4n) is 1.39. The Kier molecular flexibility index (Phi) is 2.88. The zero-order chi connectivity index (χ0) is 11.6. The van der Waals surface area contributed by atoms with Crippen LogP contribution < -0.4 is 0 Å². The molecule has 1 heterocycles. The summed E-state index contributed by atoms with van der Waals surface area (Å²) in [4.78, 5) is 21.4. The number of benzene rings is 1. The van der Waals surface area contributed by atoms with E-state index >= 15 is 0 Å². The maximum absolute atomic E-state index is 10.7. The minimum atomic E-state index is -4.09. The molecule has 2 aromatic rings. The van der Waals surface area contributed by atoms with Crippen LogP contribution in [0, 0.1) is 0 Å². The second-order valence-corrected chi connectivity index (χ2v) is 4.86. The van der Waals surface area contributed by atoms with E-state index in [2.05, 4.69) is 4.98 Å². The molecule has 0 fully saturated rings. The lowest BCUT2D eigenvalue weighted by Gasteiger charge is -1.99. The summed E-state index contributed by atoms with van der Waals surface area (Å²) in [5.74, 6) is 0.893. The van der Waals surface area contributed by atoms with Gasteiger partial charge in [0.2, 0.25) is 0 Å². The molecule has 0 bridgehead atoms. The van der Waals surface area contributed by atoms with Crippen molar-refractivity contribution in [2.24, 2.45) is 0 Å². The normalized spacial score (nSPS) is 12.4. The summed E-state index contributed by atoms with van der Waals surface area (Å²) in [5, 5.41) is 1.98. The van der Waals surface area contributed by atoms with Gasteiger partial charge in [-0.3, -0.25) is 9.55 Å². The SMILES string of the molecule is O=P(O)(O)/C=C/c1ccc2ccncc2c1. The minimum Gasteiger partial charge on any atom is -0.321 e. The van der Waals surface area contributed by atoms with Crippen molar-refractivity contribution in [3.8, 4) is 0 Å². The number of rotatable bonds is 2. The molecule has 0 aliphatic carbocycles. The Morgan fingerprint density at radius 2 is 2.00 bits per heavy atom. The molecule has 0 amide bonds. The molecule has 0 spiro atoms. The number of nitrogens with zero attached hydrogens (tertiary/aromatic N) is 1. The van der Waals surface area contributed by atoms with Crippen LogP contribution in [-0.2, 0) is 4.57 Å². The zero-order valence-corrected chi connectivity index (χ0v) is 9.21. The monoisotopic (exact) mass is 235 g/mol. The molecule has 1 aromatic heterocycles. The van der Waals surface area contributed by atoms with Crippen LogP contribution in [0.3, 0.4) is 0 Å². The predicted octanol–water partition coefficient (Wildman–Crippen LogP) is 2.38. The van der Waals surface area contributed by atoms with Gasteiger partial charge in [0.05, 0.1) is 0 Å². The van der Waals surface area contributed by atoms with Crippen molar-refractivity contribution in [2.45, 2.75) is 0 Å². The molecule has 4 nitrogen and oxygen atoms in total. The van der Waals surface area contributed by atoms with Crippen molar-refractivity contribution >= 4 is 24.4 Å². The van der Waals surface area contributed by atoms with Crippen molar-refractivity contribution in [3.63, 3.8) is 0 Å². The molecule has 1 aromatic carbocycles. The zero-order valence-electron chi connectivity index (χ0n) is 8.32. The van der Waals surface area contributed by atoms with Crippen LogP contribution in [0.2, 0.25) is 0 Å². The first-order chi connectivity index (χ1) is 7.54. The van der Waals surface area contributed by atoms with Crippen LogP contribution in [0.1, 0.15) is 5.56 Å². The fraction of sp³-hybridized carbons (Fsp3) is 0. The van der Waals surface area contributed by atoms with Gasteiger partial charge in [-0.15, -0.1) is 0 Å². The second-order valence-electron chi connectivity index (χ2n) is 3.39. The van der Waals surface area contributed by atoms with Gasteiger partial charge in [0.1, 0.15) is 0 Å². The van der Waals surface area contributed by atoms with E-state index in [1.54, 1.807) is 18.5 Å². The van der Waals surface area contributed by atoms with Crippen molar-refractivity contribution in [1.82, 2.24) is 4.98 Å². The van der Waals surface area contributed by atoms with E-state index in [1.807, 2.05) is 18.2 Å². The van der Waals surface area contributed by atoms with Crippen molar-refractivity contribution in [3.05, 3.63) is 48.0 Å². The van der Waals surface area contributed by atoms with Crippen molar-refractivity contribution < 1.29 is 14.4 Å². The quantitative estimate of drug-likeness (QED) is 0.784. The molecule has 0 saturated carbocycles. The smallest absolute Gasteiger partial charge is 0.321 e. The molecule has 82 valence electrons. The average molecular weight is 235 g/mol. The second kappa shape index (κ2) is 4.18. The first-order valence-electron chi connectivity index (χ1n) is 4.63. The molecule has 0 radical (unpaired) electrons. The lowest BCUT2D eigenvalue weighted by molar-refractivity contribution is 0.386. The molecule has 16 heavy (non-hydrogen) atoms. The summed E-state index contributed by atoms with van der Waals surface area (Å²) in [6, 6.07) is 7.39. The predicted molar refractivity (Wildman–Crippen MR) is 62.8 cm³/mol. The van der Waals surface area contributed by atoms with Crippen LogP contribution in [0.25, 0.3) is 16.8 Å². The minimum absolute atomic E-state index is 0.740. The molecule has 2 rings (SSSR count). The molecular formula is C11H10NO3P. The Morgan fingerprint density at radius 3 is 2.75 bits per heavy atom. The third-order valence-electron chi connectivity index (χ3n) is 2.13. The molecular weight excluding hydrogens is 225 g/mol. The molecule has 0 atom stereocenters. The molecule has 0 saturated heterocycles. The summed E-state index contributed by atoms with van der Waals surface area (Å²) in [5.41, 5.74) is 0.740. The topological polar surface area (TPSA) is 70.4 Å². The first kappa shape index (κ1) is 11.0. The van der Waals surface area contributed by atoms with E-state index in [0.717, 1.165) is 22.2 Å². The number of fused-ring (bicyclic) bond motifs is 1. The third-order valence-corrected chi connectivity index (χ3v) is 2.66. The van der Waals surface area contributed by atoms with Crippen molar-refractivity contribution in [1.29, 1.82) is 0 Å². The number of aromatic nitrogens is 1. The Balaban J connectivity index is 2.40. The van der Waals surface area contributed by atoms with Crippen LogP contribution in [0.4, 0.5) is 0 Å². The third kappa shape index (κ3) is 2.76. The highest BCUT2D eigenvalue weighted by Crippen LogP contribution is 2.36. The van der Waals surface area contributed by atoms with Crippen LogP contribution in [-0.4, -0.2) is 14.8 Å². The lowest BCUT2D eigenvalue weighted by atomic mass is 10.1. The standard InChI is InChI=1S/C11H10NO3P/c13-16(14,15)6-4-9-1-2-10-3-5-12-8-11(10)7-9/h1-8H,(H2,13,14,15)/b6-4+. The Morgan fingerprint density at radius 1 is 1.19 bits per heavy atom. The van der Waals surface area contributed by atoms with Gasteiger partial charge in [-0.2, -0.15) is 0 Å². The number of hydrogen-bond donors (Lipinski definition) is 2. The van der Waals surface area contributed by atoms with Gasteiger partial charge in [0.15, 0.2) is 0 Å². The summed E-state index contributed by atoms with van der Waals surface area (Å²) in [6.07, 6.45) is 4.82. The van der Waals surface area contributed by atoms with Gasteiger partial charge in [0, 0.05) is 23.6 Å². The largest absolute Gasteiger partial charge is 0.349 e. The van der Waals surface area contributed by atoms with Gasteiger partial charge in [0.25, 0.3) is 0 Å². The maximum Gasteiger partial charge on any atom is 0.349 e. The Bertz CT molecular complexity index is 589. The van der Waals surface area contributed by atoms with Crippen LogP contribution in [0.15, 0.2) is 42.5 Å². The highest BCUT2D eigenvalue weighted by atomic mass is 31.2. The highest BCUT2D eigenvalue weighted by Gasteiger charge is 2.05. The molecule has 2 N–H and O–H groups in total. The fourth-order valence-corrected chi connectivity index (χ4v) is 1.76. The summed E-state index contributed by atoms with van der Waals surface area (Å²) in [6.45, 7) is 0. The molecule has 0 unspecified atom stereocenters. The first-order valence-corrected chi connectivity index (χ1v) is 6.31. The van der Waals surface area contributed by atoms with Crippen LogP contribution in [0.5, 0.6) is 0 Å². The molecule has 5 heteroatoms. The summed E-state index contributed by atoms with van der Waals surface area (Å²) >= 11 is 0. The Labute approximate surface area is 92.4 Å². The van der Waals surface area contributed by atoms with Gasteiger partial charge in [-0.25, -0.2) is 0 Å². The van der Waals surface area contributed by atoms with Gasteiger partial charge in [-0.1, -0.05) is 12.1 Å². The van der Waals surface area contributed by atoms with E-state index in [1.165, 1.54) is 6.08 Å². The molecule has 0 aliphatic heterocycles. The van der Waals surface area contributed by atoms with Gasteiger partial charge in [-0.05, 0) is 29.2 Å². The van der Waals surface area contributed by atoms with Crippen LogP contribution >= 0.6 is 7.60 Å². The Hall–Kier alpha value is -1.48.